The molecule has 18 heavy (non-hydrogen) atoms. The van der Waals surface area contributed by atoms with Gasteiger partial charge in [-0.3, -0.25) is 14.2 Å². The van der Waals surface area contributed by atoms with Crippen LogP contribution in [0.4, 0.5) is 0 Å². The number of nitrogens with zero attached hydrogens (tertiary/aromatic N) is 4. The van der Waals surface area contributed by atoms with Gasteiger partial charge in [-0.2, -0.15) is 10.2 Å². The minimum atomic E-state index is 0.0645. The highest BCUT2D eigenvalue weighted by molar-refractivity contribution is 5.98. The van der Waals surface area contributed by atoms with E-state index in [1.54, 1.807) is 10.9 Å². The van der Waals surface area contributed by atoms with Gasteiger partial charge < -0.3 is 0 Å². The monoisotopic (exact) mass is 246 g/mol. The maximum absolute atomic E-state index is 12.1. The molecule has 2 aromatic heterocycles. The molecule has 0 unspecified atom stereocenters. The minimum absolute atomic E-state index is 0.0645. The molecule has 0 atom stereocenters. The van der Waals surface area contributed by atoms with Gasteiger partial charge in [-0.15, -0.1) is 0 Å². The predicted octanol–water partition coefficient (Wildman–Crippen LogP) is 1.93. The van der Waals surface area contributed by atoms with E-state index in [1.165, 1.54) is 0 Å². The Morgan fingerprint density at radius 3 is 2.61 bits per heavy atom. The molecule has 0 radical (unpaired) electrons. The molecule has 5 nitrogen and oxygen atoms in total. The molecule has 0 aromatic carbocycles. The molecule has 0 spiro atoms. The molecule has 0 aliphatic heterocycles. The summed E-state index contributed by atoms with van der Waals surface area (Å²) in [4.78, 5) is 12.1. The van der Waals surface area contributed by atoms with E-state index in [-0.39, 0.29) is 5.78 Å². The molecule has 0 fully saturated rings. The van der Waals surface area contributed by atoms with Gasteiger partial charge in [0.25, 0.3) is 0 Å². The molecule has 2 heterocycles. The average molecular weight is 246 g/mol. The molecule has 0 N–H and O–H groups in total. The number of hydrogen-bond acceptors (Lipinski definition) is 3. The first-order chi connectivity index (χ1) is 8.47. The Morgan fingerprint density at radius 1 is 1.39 bits per heavy atom. The Balaban J connectivity index is 2.13. The maximum atomic E-state index is 12.1. The van der Waals surface area contributed by atoms with Crippen molar-refractivity contribution in [2.45, 2.75) is 33.2 Å². The number of rotatable bonds is 4. The van der Waals surface area contributed by atoms with Gasteiger partial charge in [0.2, 0.25) is 0 Å². The largest absolute Gasteiger partial charge is 0.294 e. The van der Waals surface area contributed by atoms with Crippen molar-refractivity contribution in [2.75, 3.05) is 0 Å². The summed E-state index contributed by atoms with van der Waals surface area (Å²) in [6.45, 7) is 5.97. The number of carbonyl (C=O) groups excluding carboxylic acids is 1. The van der Waals surface area contributed by atoms with Crippen LogP contribution in [-0.2, 0) is 13.5 Å². The second-order valence-corrected chi connectivity index (χ2v) is 4.78. The van der Waals surface area contributed by atoms with E-state index in [4.69, 9.17) is 0 Å². The van der Waals surface area contributed by atoms with Gasteiger partial charge in [-0.25, -0.2) is 0 Å². The molecule has 0 amide bonds. The van der Waals surface area contributed by atoms with Crippen LogP contribution in [0, 0.1) is 6.92 Å². The van der Waals surface area contributed by atoms with Crippen molar-refractivity contribution in [1.29, 1.82) is 0 Å². The normalized spacial score (nSPS) is 11.2. The Morgan fingerprint density at radius 2 is 2.11 bits per heavy atom. The lowest BCUT2D eigenvalue weighted by Gasteiger charge is -2.03. The van der Waals surface area contributed by atoms with Gasteiger partial charge >= 0.3 is 0 Å². The van der Waals surface area contributed by atoms with Crippen molar-refractivity contribution in [3.8, 4) is 0 Å². The minimum Gasteiger partial charge on any atom is -0.294 e. The molecule has 96 valence electrons. The summed E-state index contributed by atoms with van der Waals surface area (Å²) in [5, 5.41) is 8.56. The summed E-state index contributed by atoms with van der Waals surface area (Å²) >= 11 is 0. The third kappa shape index (κ3) is 2.50. The predicted molar refractivity (Wildman–Crippen MR) is 68.6 cm³/mol. The molecular formula is C13H18N4O. The summed E-state index contributed by atoms with van der Waals surface area (Å²) in [5.74, 6) is 0.0645. The molecule has 2 aromatic rings. The quantitative estimate of drug-likeness (QED) is 0.775. The number of hydrogen-bond donors (Lipinski definition) is 0. The maximum Gasteiger partial charge on any atom is 0.172 e. The Kier molecular flexibility index (Phi) is 3.32. The fraction of sp³-hybridized carbons (Fsp3) is 0.462. The highest BCUT2D eigenvalue weighted by atomic mass is 16.1. The second kappa shape index (κ2) is 4.76. The zero-order valence-corrected chi connectivity index (χ0v) is 11.2. The zero-order chi connectivity index (χ0) is 13.3. The molecule has 2 rings (SSSR count). The van der Waals surface area contributed by atoms with Crippen LogP contribution in [0.2, 0.25) is 0 Å². The fourth-order valence-electron chi connectivity index (χ4n) is 1.89. The van der Waals surface area contributed by atoms with Crippen LogP contribution in [0.1, 0.15) is 41.6 Å². The van der Waals surface area contributed by atoms with Crippen molar-refractivity contribution >= 4 is 5.78 Å². The topological polar surface area (TPSA) is 52.7 Å². The van der Waals surface area contributed by atoms with E-state index in [2.05, 4.69) is 24.0 Å². The standard InChI is InChI=1S/C13H18N4O/c1-9(2)17-6-5-11(15-17)7-13(18)12-8-16(4)14-10(12)3/h5-6,8-9H,7H2,1-4H3. The highest BCUT2D eigenvalue weighted by Gasteiger charge is 2.14. The van der Waals surface area contributed by atoms with Crippen molar-refractivity contribution in [3.63, 3.8) is 0 Å². The summed E-state index contributed by atoms with van der Waals surface area (Å²) in [6.07, 6.45) is 3.99. The first-order valence-corrected chi connectivity index (χ1v) is 6.05. The van der Waals surface area contributed by atoms with Gasteiger partial charge in [0.05, 0.1) is 23.4 Å². The van der Waals surface area contributed by atoms with Crippen LogP contribution in [0.15, 0.2) is 18.5 Å². The average Bonchev–Trinajstić information content (AvgIpc) is 2.85. The number of carbonyl (C=O) groups is 1. The molecule has 5 heteroatoms. The number of aromatic nitrogens is 4. The summed E-state index contributed by atoms with van der Waals surface area (Å²) in [7, 11) is 1.82. The first kappa shape index (κ1) is 12.5. The SMILES string of the molecule is Cc1nn(C)cc1C(=O)Cc1ccn(C(C)C)n1. The van der Waals surface area contributed by atoms with Crippen LogP contribution in [0.25, 0.3) is 0 Å². The van der Waals surface area contributed by atoms with Gasteiger partial charge in [-0.1, -0.05) is 0 Å². The Labute approximate surface area is 106 Å². The van der Waals surface area contributed by atoms with E-state index in [0.29, 0.717) is 18.0 Å². The second-order valence-electron chi connectivity index (χ2n) is 4.78. The van der Waals surface area contributed by atoms with Gasteiger partial charge in [0, 0.05) is 25.5 Å². The molecule has 0 aliphatic carbocycles. The van der Waals surface area contributed by atoms with Crippen molar-refractivity contribution in [1.82, 2.24) is 19.6 Å². The van der Waals surface area contributed by atoms with Crippen LogP contribution >= 0.6 is 0 Å². The molecule has 0 saturated carbocycles. The van der Waals surface area contributed by atoms with E-state index in [0.717, 1.165) is 11.4 Å². The summed E-state index contributed by atoms with van der Waals surface area (Å²) < 4.78 is 3.52. The third-order valence-electron chi connectivity index (χ3n) is 2.85. The van der Waals surface area contributed by atoms with E-state index < -0.39 is 0 Å². The van der Waals surface area contributed by atoms with Gasteiger partial charge in [-0.05, 0) is 26.8 Å². The summed E-state index contributed by atoms with van der Waals surface area (Å²) in [5.41, 5.74) is 2.25. The molecular weight excluding hydrogens is 228 g/mol. The Hall–Kier alpha value is -1.91. The van der Waals surface area contributed by atoms with Crippen molar-refractivity contribution in [3.05, 3.63) is 35.4 Å². The number of aryl methyl sites for hydroxylation is 2. The van der Waals surface area contributed by atoms with Crippen molar-refractivity contribution < 1.29 is 4.79 Å². The van der Waals surface area contributed by atoms with E-state index >= 15 is 0 Å². The van der Waals surface area contributed by atoms with E-state index in [9.17, 15) is 4.79 Å². The fourth-order valence-corrected chi connectivity index (χ4v) is 1.89. The molecule has 0 bridgehead atoms. The van der Waals surface area contributed by atoms with Gasteiger partial charge in [0.1, 0.15) is 0 Å². The van der Waals surface area contributed by atoms with E-state index in [1.807, 2.05) is 30.9 Å². The lowest BCUT2D eigenvalue weighted by molar-refractivity contribution is 0.0991. The highest BCUT2D eigenvalue weighted by Crippen LogP contribution is 2.11. The van der Waals surface area contributed by atoms with Crippen LogP contribution in [-0.4, -0.2) is 25.3 Å². The molecule has 0 saturated heterocycles. The Bertz CT molecular complexity index is 565. The van der Waals surface area contributed by atoms with Crippen LogP contribution < -0.4 is 0 Å². The van der Waals surface area contributed by atoms with Crippen molar-refractivity contribution in [2.24, 2.45) is 7.05 Å². The number of ketones is 1. The lowest BCUT2D eigenvalue weighted by Crippen LogP contribution is -2.07. The third-order valence-corrected chi connectivity index (χ3v) is 2.85. The smallest absolute Gasteiger partial charge is 0.172 e. The number of Topliss-reactive ketones (excluding diaryl/α,β-unsaturated/α-hetero) is 1. The van der Waals surface area contributed by atoms with Crippen LogP contribution in [0.3, 0.4) is 0 Å². The molecule has 0 aliphatic rings. The lowest BCUT2D eigenvalue weighted by atomic mass is 10.1. The van der Waals surface area contributed by atoms with Gasteiger partial charge in [0.15, 0.2) is 5.78 Å². The summed E-state index contributed by atoms with van der Waals surface area (Å²) in [6, 6.07) is 2.21. The zero-order valence-electron chi connectivity index (χ0n) is 11.2. The first-order valence-electron chi connectivity index (χ1n) is 6.05. The van der Waals surface area contributed by atoms with Crippen LogP contribution in [0.5, 0.6) is 0 Å².